The minimum Gasteiger partial charge on any atom is -0.442 e. The third-order valence-electron chi connectivity index (χ3n) is 5.87. The van der Waals surface area contributed by atoms with Crippen molar-refractivity contribution in [3.05, 3.63) is 53.8 Å². The standard InChI is InChI=1S/C23H27F3N6O3/c24-19-11-17(32-14-18(35-23(32)34)12-28-22(33)21(25)26)5-6-20(19)30-8-7-29-31(10-9-30)13-15-1-3-16(27)4-2-15/h1-6,11,18,21,29H,7-10,12-14,27H2,(H,28,33)/t18-/m0/s1. The molecule has 0 aliphatic carbocycles. The van der Waals surface area contributed by atoms with Gasteiger partial charge in [-0.2, -0.15) is 8.78 Å². The monoisotopic (exact) mass is 492 g/mol. The SMILES string of the molecule is Nc1ccc(CN2CCN(c3ccc(N4C[C@H](CNC(=O)C(F)F)OC4=O)cc3F)CCN2)cc1. The Labute approximate surface area is 200 Å². The second-order valence-corrected chi connectivity index (χ2v) is 8.36. The van der Waals surface area contributed by atoms with Gasteiger partial charge in [-0.1, -0.05) is 12.1 Å². The molecule has 0 bridgehead atoms. The molecule has 2 aromatic rings. The number of cyclic esters (lactones) is 1. The summed E-state index contributed by atoms with van der Waals surface area (Å²) in [6, 6.07) is 12.1. The van der Waals surface area contributed by atoms with Gasteiger partial charge in [-0.15, -0.1) is 0 Å². The highest BCUT2D eigenvalue weighted by Crippen LogP contribution is 2.28. The number of hydrogen-bond donors (Lipinski definition) is 3. The van der Waals surface area contributed by atoms with E-state index in [0.717, 1.165) is 5.56 Å². The molecule has 2 saturated heterocycles. The first kappa shape index (κ1) is 24.6. The smallest absolute Gasteiger partial charge is 0.414 e. The van der Waals surface area contributed by atoms with Crippen LogP contribution < -0.4 is 26.3 Å². The molecule has 35 heavy (non-hydrogen) atoms. The van der Waals surface area contributed by atoms with Gasteiger partial charge in [0.1, 0.15) is 11.9 Å². The number of carbonyl (C=O) groups excluding carboxylic acids is 2. The first-order chi connectivity index (χ1) is 16.8. The molecule has 1 atom stereocenters. The predicted molar refractivity (Wildman–Crippen MR) is 125 cm³/mol. The number of benzene rings is 2. The summed E-state index contributed by atoms with van der Waals surface area (Å²) in [4.78, 5) is 26.4. The van der Waals surface area contributed by atoms with Crippen molar-refractivity contribution < 1.29 is 27.5 Å². The van der Waals surface area contributed by atoms with Gasteiger partial charge in [-0.05, 0) is 35.9 Å². The minimum absolute atomic E-state index is 0.00880. The molecule has 0 spiro atoms. The number of ether oxygens (including phenoxy) is 1. The molecule has 2 heterocycles. The first-order valence-electron chi connectivity index (χ1n) is 11.2. The quantitative estimate of drug-likeness (QED) is 0.508. The fraction of sp³-hybridized carbons (Fsp3) is 0.391. The topological polar surface area (TPSA) is 103 Å². The Hall–Kier alpha value is -3.51. The number of nitrogen functional groups attached to an aromatic ring is 1. The molecule has 2 aromatic carbocycles. The summed E-state index contributed by atoms with van der Waals surface area (Å²) in [5, 5.41) is 4.09. The Bertz CT molecular complexity index is 1060. The summed E-state index contributed by atoms with van der Waals surface area (Å²) in [5.41, 5.74) is 11.6. The third kappa shape index (κ3) is 6.14. The molecule has 0 radical (unpaired) electrons. The fourth-order valence-corrected chi connectivity index (χ4v) is 4.05. The van der Waals surface area contributed by atoms with Crippen LogP contribution in [0.2, 0.25) is 0 Å². The Morgan fingerprint density at radius 1 is 1.17 bits per heavy atom. The molecule has 2 amide bonds. The van der Waals surface area contributed by atoms with Crippen LogP contribution >= 0.6 is 0 Å². The second kappa shape index (κ2) is 10.8. The van der Waals surface area contributed by atoms with Crippen LogP contribution in [0.1, 0.15) is 5.56 Å². The molecule has 0 unspecified atom stereocenters. The van der Waals surface area contributed by atoms with Crippen molar-refractivity contribution in [2.45, 2.75) is 19.1 Å². The largest absolute Gasteiger partial charge is 0.442 e. The summed E-state index contributed by atoms with van der Waals surface area (Å²) in [7, 11) is 0. The summed E-state index contributed by atoms with van der Waals surface area (Å²) in [5.74, 6) is -1.93. The zero-order valence-corrected chi connectivity index (χ0v) is 18.9. The highest BCUT2D eigenvalue weighted by atomic mass is 19.3. The molecule has 4 N–H and O–H groups in total. The van der Waals surface area contributed by atoms with Crippen LogP contribution in [0.4, 0.5) is 35.0 Å². The van der Waals surface area contributed by atoms with Crippen molar-refractivity contribution >= 4 is 29.1 Å². The van der Waals surface area contributed by atoms with E-state index < -0.39 is 30.3 Å². The Kier molecular flexibility index (Phi) is 7.61. The molecule has 12 heteroatoms. The fourth-order valence-electron chi connectivity index (χ4n) is 4.05. The molecular weight excluding hydrogens is 465 g/mol. The van der Waals surface area contributed by atoms with E-state index in [1.165, 1.54) is 11.0 Å². The van der Waals surface area contributed by atoms with Crippen LogP contribution in [0, 0.1) is 5.82 Å². The number of carbonyl (C=O) groups is 2. The van der Waals surface area contributed by atoms with Crippen molar-refractivity contribution in [3.63, 3.8) is 0 Å². The van der Waals surface area contributed by atoms with Crippen molar-refractivity contribution in [1.82, 2.24) is 15.8 Å². The molecule has 0 aromatic heterocycles. The zero-order chi connectivity index (χ0) is 24.9. The third-order valence-corrected chi connectivity index (χ3v) is 5.87. The molecular formula is C23H27F3N6O3. The summed E-state index contributed by atoms with van der Waals surface area (Å²) < 4.78 is 44.8. The van der Waals surface area contributed by atoms with Gasteiger partial charge in [-0.25, -0.2) is 14.2 Å². The number of hydrogen-bond acceptors (Lipinski definition) is 7. The number of nitrogens with one attached hydrogen (secondary N) is 2. The van der Waals surface area contributed by atoms with Crippen LogP contribution in [0.3, 0.4) is 0 Å². The summed E-state index contributed by atoms with van der Waals surface area (Å²) in [6.07, 6.45) is -4.69. The van der Waals surface area contributed by atoms with Crippen molar-refractivity contribution in [3.8, 4) is 0 Å². The normalized spacial score (nSPS) is 19.1. The van der Waals surface area contributed by atoms with Crippen LogP contribution in [-0.2, 0) is 16.1 Å². The molecule has 4 rings (SSSR count). The average molecular weight is 493 g/mol. The number of nitrogens with zero attached hydrogens (tertiary/aromatic N) is 3. The Balaban J connectivity index is 1.35. The van der Waals surface area contributed by atoms with Crippen molar-refractivity contribution in [2.75, 3.05) is 54.8 Å². The highest BCUT2D eigenvalue weighted by Gasteiger charge is 2.33. The van der Waals surface area contributed by atoms with E-state index in [2.05, 4.69) is 10.4 Å². The maximum atomic E-state index is 15.1. The Morgan fingerprint density at radius 2 is 1.94 bits per heavy atom. The minimum atomic E-state index is -3.15. The van der Waals surface area contributed by atoms with Gasteiger partial charge in [0, 0.05) is 38.4 Å². The first-order valence-corrected chi connectivity index (χ1v) is 11.2. The second-order valence-electron chi connectivity index (χ2n) is 8.36. The molecule has 2 fully saturated rings. The number of rotatable bonds is 7. The van der Waals surface area contributed by atoms with Crippen LogP contribution in [0.5, 0.6) is 0 Å². The van der Waals surface area contributed by atoms with Crippen molar-refractivity contribution in [1.29, 1.82) is 0 Å². The summed E-state index contributed by atoms with van der Waals surface area (Å²) >= 11 is 0. The number of amides is 2. The molecule has 2 aliphatic rings. The van der Waals surface area contributed by atoms with Crippen LogP contribution in [-0.4, -0.2) is 68.8 Å². The molecule has 2 aliphatic heterocycles. The average Bonchev–Trinajstić information content (AvgIpc) is 3.05. The van der Waals surface area contributed by atoms with Gasteiger partial charge in [0.05, 0.1) is 24.5 Å². The van der Waals surface area contributed by atoms with E-state index >= 15 is 4.39 Å². The Morgan fingerprint density at radius 3 is 2.66 bits per heavy atom. The van der Waals surface area contributed by atoms with Gasteiger partial charge in [0.25, 0.3) is 5.91 Å². The predicted octanol–water partition coefficient (Wildman–Crippen LogP) is 1.94. The lowest BCUT2D eigenvalue weighted by atomic mass is 10.2. The molecule has 188 valence electrons. The van der Waals surface area contributed by atoms with Gasteiger partial charge < -0.3 is 20.7 Å². The summed E-state index contributed by atoms with van der Waals surface area (Å²) in [6.45, 7) is 2.92. The van der Waals surface area contributed by atoms with Gasteiger partial charge >= 0.3 is 12.5 Å². The van der Waals surface area contributed by atoms with E-state index in [0.29, 0.717) is 44.1 Å². The van der Waals surface area contributed by atoms with Gasteiger partial charge in [0.15, 0.2) is 0 Å². The van der Waals surface area contributed by atoms with E-state index in [1.807, 2.05) is 34.5 Å². The number of alkyl halides is 2. The van der Waals surface area contributed by atoms with E-state index in [9.17, 15) is 18.4 Å². The van der Waals surface area contributed by atoms with Gasteiger partial charge in [-0.3, -0.25) is 15.1 Å². The van der Waals surface area contributed by atoms with Crippen LogP contribution in [0.15, 0.2) is 42.5 Å². The zero-order valence-electron chi connectivity index (χ0n) is 18.9. The highest BCUT2D eigenvalue weighted by molar-refractivity contribution is 5.90. The number of nitrogens with two attached hydrogens (primary N) is 1. The molecule has 9 nitrogen and oxygen atoms in total. The van der Waals surface area contributed by atoms with Crippen molar-refractivity contribution in [2.24, 2.45) is 0 Å². The van der Waals surface area contributed by atoms with E-state index in [4.69, 9.17) is 10.5 Å². The number of anilines is 3. The van der Waals surface area contributed by atoms with E-state index in [-0.39, 0.29) is 18.8 Å². The lowest BCUT2D eigenvalue weighted by Crippen LogP contribution is -2.38. The maximum absolute atomic E-state index is 15.1. The lowest BCUT2D eigenvalue weighted by molar-refractivity contribution is -0.132. The maximum Gasteiger partial charge on any atom is 0.414 e. The van der Waals surface area contributed by atoms with Gasteiger partial charge in [0.2, 0.25) is 0 Å². The lowest BCUT2D eigenvalue weighted by Gasteiger charge is -2.24. The van der Waals surface area contributed by atoms with Crippen LogP contribution in [0.25, 0.3) is 0 Å². The number of hydrazine groups is 1. The van der Waals surface area contributed by atoms with E-state index in [1.54, 1.807) is 12.1 Å². The molecule has 0 saturated carbocycles. The number of halogens is 3.